The van der Waals surface area contributed by atoms with Crippen LogP contribution in [-0.2, 0) is 30.0 Å². The number of hydrogen-bond acceptors (Lipinski definition) is 5. The van der Waals surface area contributed by atoms with E-state index in [1.54, 1.807) is 17.9 Å². The molecule has 7 nitrogen and oxygen atoms in total. The molecule has 0 aliphatic rings. The van der Waals surface area contributed by atoms with Gasteiger partial charge in [-0.05, 0) is 24.6 Å². The van der Waals surface area contributed by atoms with Crippen LogP contribution in [0, 0.1) is 0 Å². The first-order chi connectivity index (χ1) is 9.83. The van der Waals surface area contributed by atoms with Gasteiger partial charge >= 0.3 is 0 Å². The molecule has 0 atom stereocenters. The Bertz CT molecular complexity index is 753. The molecule has 0 amide bonds. The van der Waals surface area contributed by atoms with Gasteiger partial charge < -0.3 is 10.8 Å². The second-order valence-electron chi connectivity index (χ2n) is 4.67. The van der Waals surface area contributed by atoms with Gasteiger partial charge in [-0.2, -0.15) is 5.10 Å². The minimum absolute atomic E-state index is 0.0136. The highest BCUT2D eigenvalue weighted by Gasteiger charge is 2.16. The lowest BCUT2D eigenvalue weighted by atomic mass is 10.2. The molecule has 0 bridgehead atoms. The average Bonchev–Trinajstić information content (AvgIpc) is 2.80. The van der Waals surface area contributed by atoms with Crippen molar-refractivity contribution >= 4 is 15.7 Å². The van der Waals surface area contributed by atoms with Crippen molar-refractivity contribution in [2.24, 2.45) is 7.05 Å². The van der Waals surface area contributed by atoms with Crippen LogP contribution in [0.2, 0.25) is 0 Å². The largest absolute Gasteiger partial charge is 0.506 e. The summed E-state index contributed by atoms with van der Waals surface area (Å²) in [6, 6.07) is 3.78. The van der Waals surface area contributed by atoms with E-state index in [1.165, 1.54) is 18.2 Å². The summed E-state index contributed by atoms with van der Waals surface area (Å²) < 4.78 is 28.6. The van der Waals surface area contributed by atoms with E-state index < -0.39 is 10.0 Å². The summed E-state index contributed by atoms with van der Waals surface area (Å²) in [4.78, 5) is 0.0136. The standard InChI is InChI=1S/C13H18N4O3S/c1-3-12-9(8-17(2)16-12)7-15-21(19,20)10-4-5-13(18)11(14)6-10/h4-6,8,15,18H,3,7,14H2,1-2H3. The smallest absolute Gasteiger partial charge is 0.240 e. The molecule has 8 heteroatoms. The number of nitrogen functional groups attached to an aromatic ring is 1. The number of hydrogen-bond donors (Lipinski definition) is 3. The minimum Gasteiger partial charge on any atom is -0.506 e. The van der Waals surface area contributed by atoms with E-state index in [4.69, 9.17) is 5.73 Å². The number of aromatic hydroxyl groups is 1. The lowest BCUT2D eigenvalue weighted by Gasteiger charge is -2.08. The van der Waals surface area contributed by atoms with E-state index in [2.05, 4.69) is 9.82 Å². The predicted molar refractivity (Wildman–Crippen MR) is 79.1 cm³/mol. The molecule has 2 aromatic rings. The van der Waals surface area contributed by atoms with Crippen molar-refractivity contribution < 1.29 is 13.5 Å². The third kappa shape index (κ3) is 3.34. The van der Waals surface area contributed by atoms with Gasteiger partial charge in [-0.1, -0.05) is 6.92 Å². The summed E-state index contributed by atoms with van der Waals surface area (Å²) in [5.41, 5.74) is 7.22. The monoisotopic (exact) mass is 310 g/mol. The van der Waals surface area contributed by atoms with Crippen molar-refractivity contribution in [2.45, 2.75) is 24.8 Å². The van der Waals surface area contributed by atoms with Crippen molar-refractivity contribution in [3.8, 4) is 5.75 Å². The van der Waals surface area contributed by atoms with Crippen LogP contribution in [0.4, 0.5) is 5.69 Å². The molecule has 0 saturated heterocycles. The first-order valence-electron chi connectivity index (χ1n) is 6.43. The first kappa shape index (κ1) is 15.3. The predicted octanol–water partition coefficient (Wildman–Crippen LogP) is 0.749. The molecule has 4 N–H and O–H groups in total. The molecule has 1 aromatic carbocycles. The van der Waals surface area contributed by atoms with E-state index in [9.17, 15) is 13.5 Å². The third-order valence-electron chi connectivity index (χ3n) is 3.09. The molecular formula is C13H18N4O3S. The second kappa shape index (κ2) is 5.74. The zero-order valence-electron chi connectivity index (χ0n) is 11.9. The summed E-state index contributed by atoms with van der Waals surface area (Å²) >= 11 is 0. The Kier molecular flexibility index (Phi) is 4.19. The van der Waals surface area contributed by atoms with E-state index >= 15 is 0 Å². The van der Waals surface area contributed by atoms with Gasteiger partial charge in [0, 0.05) is 25.4 Å². The van der Waals surface area contributed by atoms with Crippen LogP contribution in [-0.4, -0.2) is 23.3 Å². The van der Waals surface area contributed by atoms with Gasteiger partial charge in [0.1, 0.15) is 5.75 Å². The molecule has 0 aliphatic carbocycles. The van der Waals surface area contributed by atoms with Crippen LogP contribution < -0.4 is 10.5 Å². The average molecular weight is 310 g/mol. The molecule has 0 saturated carbocycles. The number of phenolic OH excluding ortho intramolecular Hbond substituents is 1. The molecule has 0 radical (unpaired) electrons. The maximum absolute atomic E-state index is 12.2. The zero-order chi connectivity index (χ0) is 15.6. The number of nitrogens with zero attached hydrogens (tertiary/aromatic N) is 2. The van der Waals surface area contributed by atoms with Crippen molar-refractivity contribution in [1.29, 1.82) is 0 Å². The van der Waals surface area contributed by atoms with E-state index in [-0.39, 0.29) is 22.9 Å². The number of nitrogens with two attached hydrogens (primary N) is 1. The van der Waals surface area contributed by atoms with E-state index in [0.717, 1.165) is 17.7 Å². The number of nitrogens with one attached hydrogen (secondary N) is 1. The van der Waals surface area contributed by atoms with Gasteiger partial charge in [-0.15, -0.1) is 0 Å². The van der Waals surface area contributed by atoms with Crippen LogP contribution in [0.3, 0.4) is 0 Å². The van der Waals surface area contributed by atoms with Crippen LogP contribution in [0.15, 0.2) is 29.3 Å². The Balaban J connectivity index is 2.19. The third-order valence-corrected chi connectivity index (χ3v) is 4.49. The number of benzene rings is 1. The number of phenols is 1. The maximum atomic E-state index is 12.2. The molecule has 1 aromatic heterocycles. The summed E-state index contributed by atoms with van der Waals surface area (Å²) in [6.07, 6.45) is 2.51. The fraction of sp³-hybridized carbons (Fsp3) is 0.308. The van der Waals surface area contributed by atoms with Gasteiger partial charge in [0.05, 0.1) is 16.3 Å². The summed E-state index contributed by atoms with van der Waals surface area (Å²) in [7, 11) is -1.90. The van der Waals surface area contributed by atoms with Gasteiger partial charge in [-0.3, -0.25) is 4.68 Å². The van der Waals surface area contributed by atoms with Crippen molar-refractivity contribution in [2.75, 3.05) is 5.73 Å². The number of rotatable bonds is 5. The topological polar surface area (TPSA) is 110 Å². The normalized spacial score (nSPS) is 11.7. The van der Waals surface area contributed by atoms with Crippen molar-refractivity contribution in [1.82, 2.24) is 14.5 Å². The molecular weight excluding hydrogens is 292 g/mol. The lowest BCUT2D eigenvalue weighted by molar-refractivity contribution is 0.477. The highest BCUT2D eigenvalue weighted by molar-refractivity contribution is 7.89. The van der Waals surface area contributed by atoms with Gasteiger partial charge in [0.25, 0.3) is 0 Å². The molecule has 2 rings (SSSR count). The quantitative estimate of drug-likeness (QED) is 0.557. The van der Waals surface area contributed by atoms with Crippen molar-refractivity contribution in [3.63, 3.8) is 0 Å². The van der Waals surface area contributed by atoms with Gasteiger partial charge in [-0.25, -0.2) is 13.1 Å². The Morgan fingerprint density at radius 3 is 2.76 bits per heavy atom. The second-order valence-corrected chi connectivity index (χ2v) is 6.44. The Morgan fingerprint density at radius 2 is 2.14 bits per heavy atom. The fourth-order valence-electron chi connectivity index (χ4n) is 1.98. The maximum Gasteiger partial charge on any atom is 0.240 e. The summed E-state index contributed by atoms with van der Waals surface area (Å²) in [6.45, 7) is 2.11. The number of anilines is 1. The van der Waals surface area contributed by atoms with Crippen LogP contribution in [0.25, 0.3) is 0 Å². The number of sulfonamides is 1. The highest BCUT2D eigenvalue weighted by atomic mass is 32.2. The minimum atomic E-state index is -3.69. The Morgan fingerprint density at radius 1 is 1.43 bits per heavy atom. The Hall–Kier alpha value is -2.06. The molecule has 0 aliphatic heterocycles. The highest BCUT2D eigenvalue weighted by Crippen LogP contribution is 2.23. The van der Waals surface area contributed by atoms with E-state index in [0.29, 0.717) is 0 Å². The summed E-state index contributed by atoms with van der Waals surface area (Å²) in [5.74, 6) is -0.144. The van der Waals surface area contributed by atoms with Crippen LogP contribution in [0.5, 0.6) is 5.75 Å². The van der Waals surface area contributed by atoms with Gasteiger partial charge in [0.15, 0.2) is 0 Å². The summed E-state index contributed by atoms with van der Waals surface area (Å²) in [5, 5.41) is 13.6. The molecule has 1 heterocycles. The molecule has 0 fully saturated rings. The van der Waals surface area contributed by atoms with Crippen molar-refractivity contribution in [3.05, 3.63) is 35.7 Å². The van der Waals surface area contributed by atoms with Crippen LogP contribution >= 0.6 is 0 Å². The van der Waals surface area contributed by atoms with E-state index in [1.807, 2.05) is 6.92 Å². The molecule has 114 valence electrons. The molecule has 21 heavy (non-hydrogen) atoms. The fourth-order valence-corrected chi connectivity index (χ4v) is 3.03. The Labute approximate surface area is 123 Å². The first-order valence-corrected chi connectivity index (χ1v) is 7.91. The lowest BCUT2D eigenvalue weighted by Crippen LogP contribution is -2.23. The zero-order valence-corrected chi connectivity index (χ0v) is 12.7. The van der Waals surface area contributed by atoms with Crippen LogP contribution in [0.1, 0.15) is 18.2 Å². The number of aromatic nitrogens is 2. The molecule has 0 unspecified atom stereocenters. The van der Waals surface area contributed by atoms with Gasteiger partial charge in [0.2, 0.25) is 10.0 Å². The SMILES string of the molecule is CCc1nn(C)cc1CNS(=O)(=O)c1ccc(O)c(N)c1. The molecule has 0 spiro atoms. The number of aryl methyl sites for hydroxylation is 2.